The minimum absolute atomic E-state index is 0.119. The van der Waals surface area contributed by atoms with E-state index in [-0.39, 0.29) is 6.61 Å². The molecule has 0 heterocycles. The van der Waals surface area contributed by atoms with Crippen LogP contribution in [0.5, 0.6) is 0 Å². The average molecular weight is 248 g/mol. The minimum atomic E-state index is -2.23. The number of hydrogen-bond donors (Lipinski definition) is 1. The largest absolute Gasteiger partial charge is 0.302 e. The third kappa shape index (κ3) is 3.23. The van der Waals surface area contributed by atoms with Crippen LogP contribution in [-0.2, 0) is 22.2 Å². The van der Waals surface area contributed by atoms with Gasteiger partial charge in [0.25, 0.3) is 0 Å². The first-order valence-corrected chi connectivity index (χ1v) is 6.18. The summed E-state index contributed by atoms with van der Waals surface area (Å²) >= 11 is -2.23. The van der Waals surface area contributed by atoms with E-state index in [4.69, 9.17) is 8.74 Å². The minimum Gasteiger partial charge on any atom is -0.284 e. The molecule has 0 amide bonds. The lowest BCUT2D eigenvalue weighted by atomic mass is 10.0. The van der Waals surface area contributed by atoms with Crippen LogP contribution in [0.3, 0.4) is 0 Å². The van der Waals surface area contributed by atoms with Crippen LogP contribution in [0.4, 0.5) is 0 Å². The van der Waals surface area contributed by atoms with Crippen LogP contribution in [0.1, 0.15) is 5.56 Å². The van der Waals surface area contributed by atoms with Gasteiger partial charge in [0.1, 0.15) is 0 Å². The van der Waals surface area contributed by atoms with Crippen molar-refractivity contribution in [1.82, 2.24) is 0 Å². The fourth-order valence-electron chi connectivity index (χ4n) is 1.66. The maximum Gasteiger partial charge on any atom is 0.302 e. The molecule has 0 saturated heterocycles. The Morgan fingerprint density at radius 1 is 1.00 bits per heavy atom. The standard InChI is InChI=1S/C13H12O3S/c14-17(15)16-10-12-8-4-5-9-13(12)11-6-2-1-3-7-11/h1-9H,10H2,(H,14,15). The number of rotatable bonds is 4. The highest BCUT2D eigenvalue weighted by atomic mass is 32.2. The number of benzene rings is 2. The zero-order valence-electron chi connectivity index (χ0n) is 9.08. The Hall–Kier alpha value is -1.49. The maximum atomic E-state index is 10.5. The van der Waals surface area contributed by atoms with Crippen LogP contribution in [-0.4, -0.2) is 8.76 Å². The predicted octanol–water partition coefficient (Wildman–Crippen LogP) is 3.01. The van der Waals surface area contributed by atoms with E-state index in [2.05, 4.69) is 0 Å². The van der Waals surface area contributed by atoms with Gasteiger partial charge in [-0.3, -0.25) is 8.74 Å². The number of hydrogen-bond acceptors (Lipinski definition) is 2. The highest BCUT2D eigenvalue weighted by molar-refractivity contribution is 7.74. The van der Waals surface area contributed by atoms with Crippen molar-refractivity contribution in [3.8, 4) is 11.1 Å². The predicted molar refractivity (Wildman–Crippen MR) is 67.4 cm³/mol. The molecule has 0 aliphatic carbocycles. The first-order chi connectivity index (χ1) is 8.27. The average Bonchev–Trinajstić information content (AvgIpc) is 2.38. The van der Waals surface area contributed by atoms with E-state index in [1.165, 1.54) is 0 Å². The third-order valence-corrected chi connectivity index (χ3v) is 2.74. The van der Waals surface area contributed by atoms with Gasteiger partial charge in [-0.25, -0.2) is 0 Å². The molecule has 1 N–H and O–H groups in total. The Kier molecular flexibility index (Phi) is 4.03. The highest BCUT2D eigenvalue weighted by Crippen LogP contribution is 2.23. The molecule has 0 saturated carbocycles. The molecule has 2 rings (SSSR count). The molecule has 0 aliphatic rings. The van der Waals surface area contributed by atoms with Crippen molar-refractivity contribution in [2.45, 2.75) is 6.61 Å². The molecular formula is C13H12O3S. The van der Waals surface area contributed by atoms with Gasteiger partial charge in [-0.2, -0.15) is 4.21 Å². The first-order valence-electron chi connectivity index (χ1n) is 5.15. The van der Waals surface area contributed by atoms with Gasteiger partial charge in [-0.1, -0.05) is 54.6 Å². The molecule has 0 aromatic heterocycles. The molecule has 0 radical (unpaired) electrons. The molecule has 17 heavy (non-hydrogen) atoms. The summed E-state index contributed by atoms with van der Waals surface area (Å²) in [4.78, 5) is 0. The normalized spacial score (nSPS) is 12.3. The summed E-state index contributed by atoms with van der Waals surface area (Å²) in [5, 5.41) is 0. The van der Waals surface area contributed by atoms with E-state index in [1.807, 2.05) is 54.6 Å². The summed E-state index contributed by atoms with van der Waals surface area (Å²) < 4.78 is 23.9. The monoisotopic (exact) mass is 248 g/mol. The SMILES string of the molecule is O=S(O)OCc1ccccc1-c1ccccc1. The van der Waals surface area contributed by atoms with Crippen LogP contribution >= 0.6 is 0 Å². The lowest BCUT2D eigenvalue weighted by Crippen LogP contribution is -1.97. The summed E-state index contributed by atoms with van der Waals surface area (Å²) in [6.07, 6.45) is 0. The van der Waals surface area contributed by atoms with Crippen LogP contribution in [0.2, 0.25) is 0 Å². The Morgan fingerprint density at radius 2 is 1.65 bits per heavy atom. The van der Waals surface area contributed by atoms with Crippen LogP contribution in [0, 0.1) is 0 Å². The molecule has 2 aromatic carbocycles. The van der Waals surface area contributed by atoms with E-state index >= 15 is 0 Å². The second-order valence-electron chi connectivity index (χ2n) is 3.50. The van der Waals surface area contributed by atoms with E-state index in [0.717, 1.165) is 16.7 Å². The highest BCUT2D eigenvalue weighted by Gasteiger charge is 2.05. The molecule has 0 spiro atoms. The van der Waals surface area contributed by atoms with Gasteiger partial charge in [0.15, 0.2) is 0 Å². The summed E-state index contributed by atoms with van der Waals surface area (Å²) in [5.41, 5.74) is 2.97. The quantitative estimate of drug-likeness (QED) is 0.846. The van der Waals surface area contributed by atoms with Crippen molar-refractivity contribution < 1.29 is 12.9 Å². The third-order valence-electron chi connectivity index (χ3n) is 2.42. The van der Waals surface area contributed by atoms with Gasteiger partial charge in [0.2, 0.25) is 0 Å². The molecule has 88 valence electrons. The molecule has 1 atom stereocenters. The summed E-state index contributed by atoms with van der Waals surface area (Å²) in [7, 11) is 0. The Bertz CT molecular complexity index is 511. The molecule has 1 unspecified atom stereocenters. The first kappa shape index (κ1) is 12.0. The Balaban J connectivity index is 2.31. The van der Waals surface area contributed by atoms with Crippen molar-refractivity contribution >= 4 is 11.4 Å². The van der Waals surface area contributed by atoms with Gasteiger partial charge in [0, 0.05) is 0 Å². The fourth-order valence-corrected chi connectivity index (χ4v) is 1.89. The smallest absolute Gasteiger partial charge is 0.284 e. The summed E-state index contributed by atoms with van der Waals surface area (Å²) in [6.45, 7) is 0.119. The van der Waals surface area contributed by atoms with Crippen molar-refractivity contribution in [2.75, 3.05) is 0 Å². The second kappa shape index (κ2) is 5.72. The van der Waals surface area contributed by atoms with Crippen LogP contribution in [0.25, 0.3) is 11.1 Å². The Morgan fingerprint density at radius 3 is 2.35 bits per heavy atom. The van der Waals surface area contributed by atoms with Crippen molar-refractivity contribution in [2.24, 2.45) is 0 Å². The van der Waals surface area contributed by atoms with Gasteiger partial charge < -0.3 is 0 Å². The fraction of sp³-hybridized carbons (Fsp3) is 0.0769. The molecule has 2 aromatic rings. The van der Waals surface area contributed by atoms with Gasteiger partial charge in [-0.15, -0.1) is 0 Å². The van der Waals surface area contributed by atoms with Crippen molar-refractivity contribution in [1.29, 1.82) is 0 Å². The van der Waals surface area contributed by atoms with Gasteiger partial charge in [0.05, 0.1) is 6.61 Å². The van der Waals surface area contributed by atoms with Crippen molar-refractivity contribution in [3.05, 3.63) is 60.2 Å². The van der Waals surface area contributed by atoms with E-state index in [9.17, 15) is 4.21 Å². The zero-order chi connectivity index (χ0) is 12.1. The lowest BCUT2D eigenvalue weighted by molar-refractivity contribution is 0.297. The summed E-state index contributed by atoms with van der Waals surface area (Å²) in [5.74, 6) is 0. The Labute approximate surface area is 103 Å². The molecular weight excluding hydrogens is 236 g/mol. The molecule has 3 nitrogen and oxygen atoms in total. The van der Waals surface area contributed by atoms with E-state index in [0.29, 0.717) is 0 Å². The molecule has 0 bridgehead atoms. The molecule has 4 heteroatoms. The molecule has 0 fully saturated rings. The zero-order valence-corrected chi connectivity index (χ0v) is 9.89. The maximum absolute atomic E-state index is 10.5. The van der Waals surface area contributed by atoms with Gasteiger partial charge >= 0.3 is 11.4 Å². The van der Waals surface area contributed by atoms with E-state index < -0.39 is 11.4 Å². The van der Waals surface area contributed by atoms with Crippen molar-refractivity contribution in [3.63, 3.8) is 0 Å². The van der Waals surface area contributed by atoms with Crippen LogP contribution < -0.4 is 0 Å². The van der Waals surface area contributed by atoms with Crippen LogP contribution in [0.15, 0.2) is 54.6 Å². The lowest BCUT2D eigenvalue weighted by Gasteiger charge is -2.08. The molecule has 0 aliphatic heterocycles. The summed E-state index contributed by atoms with van der Waals surface area (Å²) in [6, 6.07) is 17.5. The van der Waals surface area contributed by atoms with E-state index in [1.54, 1.807) is 0 Å². The topological polar surface area (TPSA) is 46.5 Å². The van der Waals surface area contributed by atoms with Gasteiger partial charge in [-0.05, 0) is 16.7 Å². The second-order valence-corrected chi connectivity index (χ2v) is 4.17.